The lowest BCUT2D eigenvalue weighted by Gasteiger charge is -2.13. The number of benzene rings is 1. The van der Waals surface area contributed by atoms with Crippen molar-refractivity contribution in [2.45, 2.75) is 26.7 Å². The Bertz CT molecular complexity index is 373. The molecule has 1 rings (SSSR count). The predicted octanol–water partition coefficient (Wildman–Crippen LogP) is 2.58. The Morgan fingerprint density at radius 2 is 1.65 bits per heavy atom. The number of ether oxygens (including phenoxy) is 3. The van der Waals surface area contributed by atoms with Gasteiger partial charge in [0.1, 0.15) is 17.2 Å². The summed E-state index contributed by atoms with van der Waals surface area (Å²) in [6.45, 7) is 3.76. The molecule has 0 aromatic heterocycles. The third-order valence-corrected chi connectivity index (χ3v) is 2.46. The van der Waals surface area contributed by atoms with E-state index in [1.165, 1.54) is 0 Å². The summed E-state index contributed by atoms with van der Waals surface area (Å²) in [7, 11) is 3.17. The minimum absolute atomic E-state index is 0.279. The fraction of sp³-hybridized carbons (Fsp3) is 0.462. The first-order valence-electron chi connectivity index (χ1n) is 5.61. The molecule has 0 radical (unpaired) electrons. The lowest BCUT2D eigenvalue weighted by atomic mass is 10.1. The fourth-order valence-corrected chi connectivity index (χ4v) is 1.57. The fourth-order valence-electron chi connectivity index (χ4n) is 1.57. The van der Waals surface area contributed by atoms with Crippen LogP contribution in [0.5, 0.6) is 17.2 Å². The van der Waals surface area contributed by atoms with Gasteiger partial charge < -0.3 is 14.2 Å². The van der Waals surface area contributed by atoms with Crippen molar-refractivity contribution in [2.24, 2.45) is 0 Å². The van der Waals surface area contributed by atoms with Crippen molar-refractivity contribution in [3.8, 4) is 17.2 Å². The van der Waals surface area contributed by atoms with E-state index in [1.54, 1.807) is 33.3 Å². The highest BCUT2D eigenvalue weighted by molar-refractivity contribution is 5.72. The Kier molecular flexibility index (Phi) is 4.82. The van der Waals surface area contributed by atoms with Crippen LogP contribution in [0.4, 0.5) is 0 Å². The highest BCUT2D eigenvalue weighted by atomic mass is 16.5. The van der Waals surface area contributed by atoms with Gasteiger partial charge in [-0.3, -0.25) is 4.79 Å². The van der Waals surface area contributed by atoms with Gasteiger partial charge in [0.15, 0.2) is 0 Å². The van der Waals surface area contributed by atoms with Crippen LogP contribution in [0.1, 0.15) is 25.8 Å². The molecule has 0 N–H and O–H groups in total. The van der Waals surface area contributed by atoms with E-state index in [0.29, 0.717) is 23.7 Å². The summed E-state index contributed by atoms with van der Waals surface area (Å²) in [6, 6.07) is 3.41. The van der Waals surface area contributed by atoms with E-state index in [1.807, 2.05) is 6.92 Å². The van der Waals surface area contributed by atoms with Crippen molar-refractivity contribution >= 4 is 5.97 Å². The topological polar surface area (TPSA) is 44.8 Å². The zero-order chi connectivity index (χ0) is 12.8. The second kappa shape index (κ2) is 6.13. The largest absolute Gasteiger partial charge is 0.496 e. The molecule has 4 heteroatoms. The van der Waals surface area contributed by atoms with Crippen LogP contribution >= 0.6 is 0 Å². The minimum Gasteiger partial charge on any atom is -0.496 e. The monoisotopic (exact) mass is 238 g/mol. The number of carbonyl (C=O) groups excluding carboxylic acids is 1. The molecular weight excluding hydrogens is 220 g/mol. The number of esters is 1. The number of carbonyl (C=O) groups is 1. The van der Waals surface area contributed by atoms with Crippen LogP contribution in [0.25, 0.3) is 0 Å². The van der Waals surface area contributed by atoms with Crippen molar-refractivity contribution in [1.82, 2.24) is 0 Å². The molecule has 4 nitrogen and oxygen atoms in total. The summed E-state index contributed by atoms with van der Waals surface area (Å²) in [5, 5.41) is 0. The highest BCUT2D eigenvalue weighted by Crippen LogP contribution is 2.34. The van der Waals surface area contributed by atoms with Gasteiger partial charge in [0, 0.05) is 24.1 Å². The molecule has 94 valence electrons. The van der Waals surface area contributed by atoms with Crippen LogP contribution in [0.15, 0.2) is 12.1 Å². The minimum atomic E-state index is -0.279. The van der Waals surface area contributed by atoms with Crippen LogP contribution < -0.4 is 14.2 Å². The van der Waals surface area contributed by atoms with Gasteiger partial charge in [-0.05, 0) is 6.42 Å². The molecular formula is C13H18O4. The van der Waals surface area contributed by atoms with Gasteiger partial charge in [-0.25, -0.2) is 0 Å². The van der Waals surface area contributed by atoms with E-state index in [2.05, 4.69) is 0 Å². The predicted molar refractivity (Wildman–Crippen MR) is 64.9 cm³/mol. The normalized spacial score (nSPS) is 9.88. The van der Waals surface area contributed by atoms with Crippen molar-refractivity contribution in [3.05, 3.63) is 17.7 Å². The maximum atomic E-state index is 11.2. The second-order valence-electron chi connectivity index (χ2n) is 3.49. The first-order chi connectivity index (χ1) is 8.15. The van der Waals surface area contributed by atoms with Gasteiger partial charge in [0.25, 0.3) is 0 Å². The highest BCUT2D eigenvalue weighted by Gasteiger charge is 2.13. The quantitative estimate of drug-likeness (QED) is 0.584. The molecule has 17 heavy (non-hydrogen) atoms. The first-order valence-corrected chi connectivity index (χ1v) is 5.61. The van der Waals surface area contributed by atoms with Gasteiger partial charge >= 0.3 is 5.97 Å². The molecule has 0 aliphatic carbocycles. The van der Waals surface area contributed by atoms with Crippen LogP contribution in [0.3, 0.4) is 0 Å². The van der Waals surface area contributed by atoms with Crippen molar-refractivity contribution < 1.29 is 19.0 Å². The van der Waals surface area contributed by atoms with Gasteiger partial charge in [-0.15, -0.1) is 0 Å². The molecule has 0 saturated carbocycles. The molecule has 0 heterocycles. The van der Waals surface area contributed by atoms with Gasteiger partial charge in [0.05, 0.1) is 14.2 Å². The third-order valence-electron chi connectivity index (χ3n) is 2.46. The molecule has 0 aliphatic heterocycles. The second-order valence-corrected chi connectivity index (χ2v) is 3.49. The lowest BCUT2D eigenvalue weighted by molar-refractivity contribution is -0.134. The summed E-state index contributed by atoms with van der Waals surface area (Å²) in [5.41, 5.74) is 0.964. The summed E-state index contributed by atoms with van der Waals surface area (Å²) in [6.07, 6.45) is 1.12. The summed E-state index contributed by atoms with van der Waals surface area (Å²) >= 11 is 0. The van der Waals surface area contributed by atoms with Crippen LogP contribution in [0.2, 0.25) is 0 Å². The van der Waals surface area contributed by atoms with Crippen LogP contribution in [-0.2, 0) is 11.2 Å². The molecule has 0 bridgehead atoms. The van der Waals surface area contributed by atoms with E-state index in [0.717, 1.165) is 12.0 Å². The smallest absolute Gasteiger partial charge is 0.310 e. The first kappa shape index (κ1) is 13.4. The summed E-state index contributed by atoms with van der Waals surface area (Å²) in [5.74, 6) is 1.51. The average molecular weight is 238 g/mol. The Balaban J connectivity index is 3.13. The number of hydrogen-bond donors (Lipinski definition) is 0. The number of methoxy groups -OCH3 is 2. The zero-order valence-corrected chi connectivity index (χ0v) is 10.7. The van der Waals surface area contributed by atoms with Crippen LogP contribution in [0, 0.1) is 0 Å². The Morgan fingerprint density at radius 3 is 2.00 bits per heavy atom. The SMILES string of the molecule is CCC(=O)Oc1cc(OC)c(CC)c(OC)c1. The van der Waals surface area contributed by atoms with Crippen molar-refractivity contribution in [3.63, 3.8) is 0 Å². The van der Waals surface area contributed by atoms with E-state index in [4.69, 9.17) is 14.2 Å². The molecule has 1 aromatic rings. The Hall–Kier alpha value is -1.71. The molecule has 0 spiro atoms. The maximum Gasteiger partial charge on any atom is 0.310 e. The van der Waals surface area contributed by atoms with Crippen molar-refractivity contribution in [1.29, 1.82) is 0 Å². The summed E-state index contributed by atoms with van der Waals surface area (Å²) < 4.78 is 15.7. The van der Waals surface area contributed by atoms with E-state index >= 15 is 0 Å². The molecule has 0 aliphatic rings. The Morgan fingerprint density at radius 1 is 1.12 bits per heavy atom. The maximum absolute atomic E-state index is 11.2. The molecule has 0 saturated heterocycles. The number of hydrogen-bond acceptors (Lipinski definition) is 4. The molecule has 0 atom stereocenters. The van der Waals surface area contributed by atoms with E-state index < -0.39 is 0 Å². The molecule has 0 unspecified atom stereocenters. The standard InChI is InChI=1S/C13H18O4/c1-5-10-11(15-3)7-9(8-12(10)16-4)17-13(14)6-2/h7-8H,5-6H2,1-4H3. The zero-order valence-electron chi connectivity index (χ0n) is 10.7. The van der Waals surface area contributed by atoms with Crippen LogP contribution in [-0.4, -0.2) is 20.2 Å². The van der Waals surface area contributed by atoms with E-state index in [9.17, 15) is 4.79 Å². The van der Waals surface area contributed by atoms with Gasteiger partial charge in [-0.2, -0.15) is 0 Å². The lowest BCUT2D eigenvalue weighted by Crippen LogP contribution is -2.06. The molecule has 0 amide bonds. The van der Waals surface area contributed by atoms with Crippen molar-refractivity contribution in [2.75, 3.05) is 14.2 Å². The average Bonchev–Trinajstić information content (AvgIpc) is 2.37. The van der Waals surface area contributed by atoms with Gasteiger partial charge in [0.2, 0.25) is 0 Å². The van der Waals surface area contributed by atoms with Gasteiger partial charge in [-0.1, -0.05) is 13.8 Å². The third kappa shape index (κ3) is 3.12. The van der Waals surface area contributed by atoms with E-state index in [-0.39, 0.29) is 5.97 Å². The Labute approximate surface area is 101 Å². The number of rotatable bonds is 5. The molecule has 1 aromatic carbocycles. The molecule has 0 fully saturated rings. The summed E-state index contributed by atoms with van der Waals surface area (Å²) in [4.78, 5) is 11.2.